The van der Waals surface area contributed by atoms with Crippen LogP contribution in [-0.2, 0) is 4.74 Å². The maximum Gasteiger partial charge on any atom is 0.0572 e. The maximum absolute atomic E-state index is 5.46. The molecule has 0 bridgehead atoms. The number of nitrogens with one attached hydrogen (secondary N) is 1. The molecule has 0 amide bonds. The van der Waals surface area contributed by atoms with E-state index in [0.717, 1.165) is 12.0 Å². The molecule has 2 saturated carbocycles. The normalized spacial score (nSPS) is 30.9. The molecule has 2 aliphatic rings. The first-order valence-electron chi connectivity index (χ1n) is 8.40. The third kappa shape index (κ3) is 4.46. The smallest absolute Gasteiger partial charge is 0.0572 e. The largest absolute Gasteiger partial charge is 0.381 e. The average molecular weight is 267 g/mol. The molecule has 0 heterocycles. The molecule has 0 unspecified atom stereocenters. The van der Waals surface area contributed by atoms with Crippen LogP contribution in [0.5, 0.6) is 0 Å². The van der Waals surface area contributed by atoms with Crippen molar-refractivity contribution in [1.82, 2.24) is 5.32 Å². The Bertz CT molecular complexity index is 250. The van der Waals surface area contributed by atoms with Gasteiger partial charge < -0.3 is 10.1 Å². The van der Waals surface area contributed by atoms with Crippen molar-refractivity contribution < 1.29 is 4.74 Å². The van der Waals surface area contributed by atoms with E-state index < -0.39 is 0 Å². The lowest BCUT2D eigenvalue weighted by Gasteiger charge is -2.35. The van der Waals surface area contributed by atoms with E-state index in [0.29, 0.717) is 11.5 Å². The number of rotatable bonds is 6. The van der Waals surface area contributed by atoms with Gasteiger partial charge in [0.05, 0.1) is 6.10 Å². The molecule has 0 spiro atoms. The van der Waals surface area contributed by atoms with Gasteiger partial charge in [-0.1, -0.05) is 26.7 Å². The Morgan fingerprint density at radius 2 is 1.74 bits per heavy atom. The first-order valence-corrected chi connectivity index (χ1v) is 8.40. The molecular formula is C17H33NO. The number of ether oxygens (including phenoxy) is 1. The minimum Gasteiger partial charge on any atom is -0.381 e. The Labute approximate surface area is 119 Å². The summed E-state index contributed by atoms with van der Waals surface area (Å²) in [7, 11) is 1.86. The molecule has 0 aromatic heterocycles. The number of hydrogen-bond donors (Lipinski definition) is 1. The first-order chi connectivity index (χ1) is 9.13. The van der Waals surface area contributed by atoms with Gasteiger partial charge in [0.2, 0.25) is 0 Å². The van der Waals surface area contributed by atoms with E-state index in [-0.39, 0.29) is 0 Å². The van der Waals surface area contributed by atoms with Crippen LogP contribution in [0.3, 0.4) is 0 Å². The zero-order valence-corrected chi connectivity index (χ0v) is 13.2. The topological polar surface area (TPSA) is 21.3 Å². The Kier molecular flexibility index (Phi) is 5.70. The average Bonchev–Trinajstić information content (AvgIpc) is 2.85. The van der Waals surface area contributed by atoms with Crippen LogP contribution in [0.2, 0.25) is 0 Å². The van der Waals surface area contributed by atoms with Crippen LogP contribution in [0.4, 0.5) is 0 Å². The Hall–Kier alpha value is -0.0800. The van der Waals surface area contributed by atoms with Gasteiger partial charge in [0, 0.05) is 19.7 Å². The molecule has 2 fully saturated rings. The standard InChI is InChI=1S/C17H33NO/c1-14(2)12-17(10-4-5-11-17)13-18-15-6-8-16(19-3)9-7-15/h14-16,18H,4-13H2,1-3H3. The first kappa shape index (κ1) is 15.3. The highest BCUT2D eigenvalue weighted by Gasteiger charge is 2.35. The molecular weight excluding hydrogens is 234 g/mol. The van der Waals surface area contributed by atoms with E-state index in [9.17, 15) is 0 Å². The van der Waals surface area contributed by atoms with Crippen molar-refractivity contribution >= 4 is 0 Å². The fourth-order valence-electron chi connectivity index (χ4n) is 4.31. The predicted octanol–water partition coefficient (Wildman–Crippen LogP) is 4.14. The van der Waals surface area contributed by atoms with Crippen LogP contribution in [0.1, 0.15) is 71.6 Å². The Balaban J connectivity index is 1.76. The molecule has 112 valence electrons. The zero-order chi connectivity index (χ0) is 13.7. The molecule has 0 aromatic carbocycles. The summed E-state index contributed by atoms with van der Waals surface area (Å²) in [6.45, 7) is 6.02. The zero-order valence-electron chi connectivity index (χ0n) is 13.2. The summed E-state index contributed by atoms with van der Waals surface area (Å²) in [4.78, 5) is 0. The van der Waals surface area contributed by atoms with Crippen LogP contribution < -0.4 is 5.32 Å². The van der Waals surface area contributed by atoms with E-state index in [4.69, 9.17) is 4.74 Å². The fourth-order valence-corrected chi connectivity index (χ4v) is 4.31. The molecule has 2 rings (SSSR count). The highest BCUT2D eigenvalue weighted by atomic mass is 16.5. The van der Waals surface area contributed by atoms with Crippen molar-refractivity contribution in [2.24, 2.45) is 11.3 Å². The van der Waals surface area contributed by atoms with E-state index >= 15 is 0 Å². The molecule has 1 N–H and O–H groups in total. The summed E-state index contributed by atoms with van der Waals surface area (Å²) in [5.74, 6) is 0.837. The van der Waals surface area contributed by atoms with Crippen molar-refractivity contribution in [3.63, 3.8) is 0 Å². The second-order valence-electron chi connectivity index (χ2n) is 7.40. The van der Waals surface area contributed by atoms with Gasteiger partial charge >= 0.3 is 0 Å². The fraction of sp³-hybridized carbons (Fsp3) is 1.00. The van der Waals surface area contributed by atoms with Gasteiger partial charge in [-0.2, -0.15) is 0 Å². The summed E-state index contributed by atoms with van der Waals surface area (Å²) >= 11 is 0. The van der Waals surface area contributed by atoms with Gasteiger partial charge in [-0.3, -0.25) is 0 Å². The minimum atomic E-state index is 0.522. The lowest BCUT2D eigenvalue weighted by Crippen LogP contribution is -2.41. The van der Waals surface area contributed by atoms with Crippen molar-refractivity contribution in [1.29, 1.82) is 0 Å². The van der Waals surface area contributed by atoms with Gasteiger partial charge in [-0.05, 0) is 56.3 Å². The third-order valence-electron chi connectivity index (χ3n) is 5.28. The molecule has 2 heteroatoms. The van der Waals surface area contributed by atoms with Gasteiger partial charge in [0.25, 0.3) is 0 Å². The summed E-state index contributed by atoms with van der Waals surface area (Å²) in [5.41, 5.74) is 0.617. The molecule has 0 saturated heterocycles. The monoisotopic (exact) mass is 267 g/mol. The third-order valence-corrected chi connectivity index (χ3v) is 5.28. The second kappa shape index (κ2) is 7.08. The molecule has 0 aliphatic heterocycles. The van der Waals surface area contributed by atoms with E-state index in [1.807, 2.05) is 7.11 Å². The molecule has 19 heavy (non-hydrogen) atoms. The Morgan fingerprint density at radius 3 is 2.26 bits per heavy atom. The summed E-state index contributed by atoms with van der Waals surface area (Å²) in [6, 6.07) is 0.746. The van der Waals surface area contributed by atoms with Gasteiger partial charge in [-0.15, -0.1) is 0 Å². The van der Waals surface area contributed by atoms with Crippen LogP contribution in [-0.4, -0.2) is 25.8 Å². The van der Waals surface area contributed by atoms with Gasteiger partial charge in [0.15, 0.2) is 0 Å². The van der Waals surface area contributed by atoms with Crippen molar-refractivity contribution in [3.05, 3.63) is 0 Å². The molecule has 2 nitrogen and oxygen atoms in total. The second-order valence-corrected chi connectivity index (χ2v) is 7.40. The lowest BCUT2D eigenvalue weighted by atomic mass is 9.78. The molecule has 0 aromatic rings. The summed E-state index contributed by atoms with van der Waals surface area (Å²) < 4.78 is 5.46. The number of methoxy groups -OCH3 is 1. The summed E-state index contributed by atoms with van der Waals surface area (Å²) in [5, 5.41) is 3.90. The highest BCUT2D eigenvalue weighted by molar-refractivity contribution is 4.89. The van der Waals surface area contributed by atoms with Crippen LogP contribution in [0.25, 0.3) is 0 Å². The lowest BCUT2D eigenvalue weighted by molar-refractivity contribution is 0.0604. The van der Waals surface area contributed by atoms with E-state index in [1.54, 1.807) is 0 Å². The van der Waals surface area contributed by atoms with Crippen molar-refractivity contribution in [3.8, 4) is 0 Å². The van der Waals surface area contributed by atoms with Crippen molar-refractivity contribution in [2.45, 2.75) is 83.8 Å². The Morgan fingerprint density at radius 1 is 1.11 bits per heavy atom. The van der Waals surface area contributed by atoms with Crippen LogP contribution in [0, 0.1) is 11.3 Å². The number of hydrogen-bond acceptors (Lipinski definition) is 2. The van der Waals surface area contributed by atoms with E-state index in [1.165, 1.54) is 64.3 Å². The highest BCUT2D eigenvalue weighted by Crippen LogP contribution is 2.42. The molecule has 0 atom stereocenters. The van der Waals surface area contributed by atoms with Gasteiger partial charge in [-0.25, -0.2) is 0 Å². The van der Waals surface area contributed by atoms with Gasteiger partial charge in [0.1, 0.15) is 0 Å². The van der Waals surface area contributed by atoms with E-state index in [2.05, 4.69) is 19.2 Å². The van der Waals surface area contributed by atoms with Crippen LogP contribution >= 0.6 is 0 Å². The SMILES string of the molecule is COC1CCC(NCC2(CC(C)C)CCCC2)CC1. The summed E-state index contributed by atoms with van der Waals surface area (Å²) in [6.07, 6.45) is 12.8. The van der Waals surface area contributed by atoms with Crippen molar-refractivity contribution in [2.75, 3.05) is 13.7 Å². The predicted molar refractivity (Wildman–Crippen MR) is 81.4 cm³/mol. The van der Waals surface area contributed by atoms with Crippen LogP contribution in [0.15, 0.2) is 0 Å². The molecule has 2 aliphatic carbocycles. The maximum atomic E-state index is 5.46. The quantitative estimate of drug-likeness (QED) is 0.781. The molecule has 0 radical (unpaired) electrons. The minimum absolute atomic E-state index is 0.522.